The lowest BCUT2D eigenvalue weighted by Gasteiger charge is -2.37. The molecule has 0 bridgehead atoms. The van der Waals surface area contributed by atoms with Gasteiger partial charge in [0.25, 0.3) is 5.91 Å². The molecule has 0 radical (unpaired) electrons. The number of nitrogens with zero attached hydrogens (tertiary/aromatic N) is 4. The summed E-state index contributed by atoms with van der Waals surface area (Å²) < 4.78 is 0. The SMILES string of the molecule is O=C(c1cscn1)N1CCN(CC2=C(c3ccc(Cl)cc3Cl)NC3CNC(C4CC4)=CN23)CC1. The molecule has 1 aromatic carbocycles. The van der Waals surface area contributed by atoms with E-state index in [1.165, 1.54) is 35.6 Å². The molecule has 1 saturated heterocycles. The fourth-order valence-electron chi connectivity index (χ4n) is 4.90. The zero-order valence-corrected chi connectivity index (χ0v) is 21.0. The second-order valence-corrected chi connectivity index (χ2v) is 10.8. The van der Waals surface area contributed by atoms with Crippen LogP contribution in [0.5, 0.6) is 0 Å². The highest BCUT2D eigenvalue weighted by Gasteiger charge is 2.38. The van der Waals surface area contributed by atoms with Gasteiger partial charge in [0.2, 0.25) is 0 Å². The van der Waals surface area contributed by atoms with Crippen molar-refractivity contribution in [2.75, 3.05) is 39.3 Å². The third kappa shape index (κ3) is 4.28. The second kappa shape index (κ2) is 9.07. The van der Waals surface area contributed by atoms with Crippen LogP contribution in [0.3, 0.4) is 0 Å². The number of halogens is 2. The number of hydrogen-bond donors (Lipinski definition) is 2. The van der Waals surface area contributed by atoms with Gasteiger partial charge >= 0.3 is 0 Å². The van der Waals surface area contributed by atoms with E-state index in [-0.39, 0.29) is 12.1 Å². The summed E-state index contributed by atoms with van der Waals surface area (Å²) >= 11 is 14.3. The molecule has 10 heteroatoms. The topological polar surface area (TPSA) is 63.7 Å². The molecular formula is C24H26Cl2N6OS. The lowest BCUT2D eigenvalue weighted by molar-refractivity contribution is 0.0636. The van der Waals surface area contributed by atoms with Gasteiger partial charge in [0.1, 0.15) is 11.9 Å². The van der Waals surface area contributed by atoms with Crippen molar-refractivity contribution in [1.29, 1.82) is 0 Å². The molecule has 1 amide bonds. The quantitative estimate of drug-likeness (QED) is 0.632. The highest BCUT2D eigenvalue weighted by Crippen LogP contribution is 2.40. The predicted molar refractivity (Wildman–Crippen MR) is 135 cm³/mol. The van der Waals surface area contributed by atoms with Gasteiger partial charge in [0.15, 0.2) is 0 Å². The zero-order chi connectivity index (χ0) is 23.2. The van der Waals surface area contributed by atoms with E-state index in [4.69, 9.17) is 23.2 Å². The number of carbonyl (C=O) groups is 1. The lowest BCUT2D eigenvalue weighted by atomic mass is 10.1. The number of aromatic nitrogens is 1. The summed E-state index contributed by atoms with van der Waals surface area (Å²) in [5.41, 5.74) is 6.82. The molecule has 0 spiro atoms. The molecule has 2 fully saturated rings. The maximum Gasteiger partial charge on any atom is 0.273 e. The van der Waals surface area contributed by atoms with Gasteiger partial charge in [0.05, 0.1) is 28.5 Å². The molecule has 7 nitrogen and oxygen atoms in total. The second-order valence-electron chi connectivity index (χ2n) is 9.19. The van der Waals surface area contributed by atoms with E-state index in [2.05, 4.69) is 31.6 Å². The van der Waals surface area contributed by atoms with Gasteiger partial charge in [-0.3, -0.25) is 9.69 Å². The standard InChI is InChI=1S/C24H26Cl2N6OS/c25-16-3-4-17(18(26)9-16)23-21(32-11-19(15-1-2-15)27-10-22(32)29-23)12-30-5-7-31(8-6-30)24(33)20-13-34-14-28-20/h3-4,9,11,13-15,22,27,29H,1-2,5-8,10,12H2. The third-order valence-corrected chi connectivity index (χ3v) is 8.06. The van der Waals surface area contributed by atoms with Crippen molar-refractivity contribution in [1.82, 2.24) is 30.3 Å². The molecule has 6 rings (SSSR count). The van der Waals surface area contributed by atoms with Crippen LogP contribution in [-0.2, 0) is 0 Å². The van der Waals surface area contributed by atoms with Gasteiger partial charge in [-0.1, -0.05) is 23.2 Å². The van der Waals surface area contributed by atoms with Crippen LogP contribution in [-0.4, -0.2) is 71.0 Å². The van der Waals surface area contributed by atoms with Gasteiger partial charge in [-0.05, 0) is 31.0 Å². The normalized spacial score (nSPS) is 22.9. The van der Waals surface area contributed by atoms with Crippen molar-refractivity contribution in [3.05, 3.63) is 68.0 Å². The molecule has 2 aromatic rings. The van der Waals surface area contributed by atoms with Crippen molar-refractivity contribution in [2.45, 2.75) is 19.0 Å². The number of fused-ring (bicyclic) bond motifs is 1. The first-order valence-electron chi connectivity index (χ1n) is 11.7. The maximum atomic E-state index is 12.7. The average molecular weight is 517 g/mol. The Hall–Kier alpha value is -2.26. The highest BCUT2D eigenvalue weighted by molar-refractivity contribution is 7.07. The Balaban J connectivity index is 1.25. The van der Waals surface area contributed by atoms with Crippen LogP contribution in [0, 0.1) is 5.92 Å². The van der Waals surface area contributed by atoms with E-state index in [0.717, 1.165) is 37.4 Å². The Labute approximate surface area is 213 Å². The Morgan fingerprint density at radius 3 is 2.71 bits per heavy atom. The molecule has 4 heterocycles. The monoisotopic (exact) mass is 516 g/mol. The smallest absolute Gasteiger partial charge is 0.273 e. The first kappa shape index (κ1) is 22.2. The van der Waals surface area contributed by atoms with Crippen LogP contribution in [0.15, 0.2) is 46.7 Å². The molecule has 2 N–H and O–H groups in total. The molecule has 1 atom stereocenters. The number of carbonyl (C=O) groups excluding carboxylic acids is 1. The van der Waals surface area contributed by atoms with E-state index < -0.39 is 0 Å². The Kier molecular flexibility index (Phi) is 5.93. The van der Waals surface area contributed by atoms with Gasteiger partial charge in [0, 0.05) is 66.5 Å². The van der Waals surface area contributed by atoms with Crippen molar-refractivity contribution in [3.63, 3.8) is 0 Å². The number of amides is 1. The Bertz CT molecular complexity index is 1150. The molecule has 4 aliphatic rings. The van der Waals surface area contributed by atoms with Crippen LogP contribution in [0.1, 0.15) is 28.9 Å². The molecule has 34 heavy (non-hydrogen) atoms. The fourth-order valence-corrected chi connectivity index (χ4v) is 5.92. The molecule has 1 saturated carbocycles. The molecule has 1 aliphatic carbocycles. The number of nitrogens with one attached hydrogen (secondary N) is 2. The summed E-state index contributed by atoms with van der Waals surface area (Å²) in [4.78, 5) is 23.6. The number of allylic oxidation sites excluding steroid dienone is 1. The van der Waals surface area contributed by atoms with Crippen molar-refractivity contribution in [2.24, 2.45) is 5.92 Å². The van der Waals surface area contributed by atoms with Gasteiger partial charge < -0.3 is 20.4 Å². The summed E-state index contributed by atoms with van der Waals surface area (Å²) in [5, 5.41) is 10.4. The van der Waals surface area contributed by atoms with E-state index in [0.29, 0.717) is 34.7 Å². The largest absolute Gasteiger partial charge is 0.383 e. The van der Waals surface area contributed by atoms with Crippen molar-refractivity contribution in [3.8, 4) is 0 Å². The van der Waals surface area contributed by atoms with Crippen LogP contribution in [0.25, 0.3) is 5.70 Å². The summed E-state index contributed by atoms with van der Waals surface area (Å²) in [7, 11) is 0. The molecule has 1 unspecified atom stereocenters. The molecule has 178 valence electrons. The van der Waals surface area contributed by atoms with Crippen molar-refractivity contribution < 1.29 is 4.79 Å². The summed E-state index contributed by atoms with van der Waals surface area (Å²) in [6, 6.07) is 5.68. The van der Waals surface area contributed by atoms with Crippen LogP contribution < -0.4 is 10.6 Å². The number of rotatable bonds is 5. The Morgan fingerprint density at radius 2 is 2.00 bits per heavy atom. The zero-order valence-electron chi connectivity index (χ0n) is 18.6. The Morgan fingerprint density at radius 1 is 1.18 bits per heavy atom. The van der Waals surface area contributed by atoms with E-state index in [1.54, 1.807) is 11.6 Å². The van der Waals surface area contributed by atoms with Crippen molar-refractivity contribution >= 4 is 46.1 Å². The minimum atomic E-state index is 0.0236. The first-order chi connectivity index (χ1) is 16.6. The molecular weight excluding hydrogens is 491 g/mol. The van der Waals surface area contributed by atoms with Gasteiger partial charge in [-0.25, -0.2) is 4.98 Å². The van der Waals surface area contributed by atoms with Gasteiger partial charge in [-0.15, -0.1) is 11.3 Å². The van der Waals surface area contributed by atoms with E-state index >= 15 is 0 Å². The van der Waals surface area contributed by atoms with E-state index in [9.17, 15) is 4.79 Å². The number of benzene rings is 1. The first-order valence-corrected chi connectivity index (χ1v) is 13.4. The summed E-state index contributed by atoms with van der Waals surface area (Å²) in [5.74, 6) is 0.682. The number of hydrogen-bond acceptors (Lipinski definition) is 7. The summed E-state index contributed by atoms with van der Waals surface area (Å²) in [6.07, 6.45) is 4.95. The minimum Gasteiger partial charge on any atom is -0.383 e. The highest BCUT2D eigenvalue weighted by atomic mass is 35.5. The average Bonchev–Trinajstić information content (AvgIpc) is 3.43. The number of piperazine rings is 1. The fraction of sp³-hybridized carbons (Fsp3) is 0.417. The lowest BCUT2D eigenvalue weighted by Crippen LogP contribution is -2.51. The predicted octanol–water partition coefficient (Wildman–Crippen LogP) is 3.66. The van der Waals surface area contributed by atoms with Crippen LogP contribution in [0.4, 0.5) is 0 Å². The third-order valence-electron chi connectivity index (χ3n) is 6.93. The minimum absolute atomic E-state index is 0.0236. The maximum absolute atomic E-state index is 12.7. The summed E-state index contributed by atoms with van der Waals surface area (Å²) in [6.45, 7) is 4.65. The molecule has 1 aromatic heterocycles. The number of thiazole rings is 1. The van der Waals surface area contributed by atoms with Crippen LogP contribution >= 0.6 is 34.5 Å². The van der Waals surface area contributed by atoms with Gasteiger partial charge in [-0.2, -0.15) is 0 Å². The van der Waals surface area contributed by atoms with Crippen LogP contribution in [0.2, 0.25) is 10.0 Å². The molecule has 3 aliphatic heterocycles. The van der Waals surface area contributed by atoms with E-state index in [1.807, 2.05) is 22.4 Å².